The van der Waals surface area contributed by atoms with E-state index in [1.807, 2.05) is 0 Å². The van der Waals surface area contributed by atoms with Crippen molar-refractivity contribution < 1.29 is 0 Å². The minimum Gasteiger partial charge on any atom is -0.348 e. The summed E-state index contributed by atoms with van der Waals surface area (Å²) in [7, 11) is 0. The van der Waals surface area contributed by atoms with Gasteiger partial charge in [0.15, 0.2) is 0 Å². The quantitative estimate of drug-likeness (QED) is 0.886. The lowest BCUT2D eigenvalue weighted by molar-refractivity contribution is 0.425. The normalized spacial score (nSPS) is 20.3. The zero-order valence-corrected chi connectivity index (χ0v) is 11.6. The van der Waals surface area contributed by atoms with Crippen LogP contribution in [0.1, 0.15) is 56.3 Å². The summed E-state index contributed by atoms with van der Waals surface area (Å²) >= 11 is 0. The Labute approximate surface area is 115 Å². The van der Waals surface area contributed by atoms with E-state index < -0.39 is 0 Å². The third kappa shape index (κ3) is 4.34. The fourth-order valence-corrected chi connectivity index (χ4v) is 2.24. The van der Waals surface area contributed by atoms with E-state index in [0.29, 0.717) is 12.3 Å². The van der Waals surface area contributed by atoms with Crippen molar-refractivity contribution >= 4 is 12.4 Å². The second-order valence-electron chi connectivity index (χ2n) is 5.05. The standard InChI is InChI=1S/C10H13N3.C4H8.ClH/c11-5-1-2-8-3-4-9-10(6-8)13-7-12-9;1-2-4-3-1;/h7-8H,1-4,6H2,(H,12,13);1-4H2;1H. The number of hydrogen-bond donors (Lipinski definition) is 1. The Hall–Kier alpha value is -1.01. The van der Waals surface area contributed by atoms with Gasteiger partial charge in [0.25, 0.3) is 0 Å². The minimum atomic E-state index is 0. The zero-order valence-electron chi connectivity index (χ0n) is 10.8. The Kier molecular flexibility index (Phi) is 6.82. The number of nitrogens with zero attached hydrogens (tertiary/aromatic N) is 2. The molecule has 0 saturated heterocycles. The predicted octanol–water partition coefficient (Wildman–Crippen LogP) is 3.80. The number of rotatable bonds is 2. The van der Waals surface area contributed by atoms with Crippen LogP contribution in [0.15, 0.2) is 6.33 Å². The van der Waals surface area contributed by atoms with Crippen LogP contribution in [0.2, 0.25) is 0 Å². The lowest BCUT2D eigenvalue weighted by atomic mass is 9.87. The summed E-state index contributed by atoms with van der Waals surface area (Å²) in [5.41, 5.74) is 2.52. The van der Waals surface area contributed by atoms with Gasteiger partial charge in [0.05, 0.1) is 18.1 Å². The molecule has 100 valence electrons. The van der Waals surface area contributed by atoms with Crippen LogP contribution in [0.4, 0.5) is 0 Å². The van der Waals surface area contributed by atoms with Crippen molar-refractivity contribution in [2.24, 2.45) is 5.92 Å². The van der Waals surface area contributed by atoms with E-state index in [1.165, 1.54) is 43.5 Å². The van der Waals surface area contributed by atoms with E-state index in [1.54, 1.807) is 6.33 Å². The first-order chi connectivity index (χ1) is 8.40. The average Bonchev–Trinajstić information content (AvgIpc) is 2.71. The summed E-state index contributed by atoms with van der Waals surface area (Å²) in [6.07, 6.45) is 12.9. The molecule has 2 aliphatic carbocycles. The van der Waals surface area contributed by atoms with E-state index in [-0.39, 0.29) is 12.4 Å². The van der Waals surface area contributed by atoms with Crippen LogP contribution in [0.5, 0.6) is 0 Å². The lowest BCUT2D eigenvalue weighted by Crippen LogP contribution is -2.13. The smallest absolute Gasteiger partial charge is 0.0925 e. The number of aromatic amines is 1. The molecule has 1 saturated carbocycles. The second kappa shape index (κ2) is 8.16. The molecule has 4 heteroatoms. The summed E-state index contributed by atoms with van der Waals surface area (Å²) in [5, 5.41) is 8.48. The van der Waals surface area contributed by atoms with Gasteiger partial charge in [0.1, 0.15) is 0 Å². The van der Waals surface area contributed by atoms with Crippen molar-refractivity contribution in [2.45, 2.75) is 57.8 Å². The molecule has 1 aromatic heterocycles. The van der Waals surface area contributed by atoms with Crippen molar-refractivity contribution in [2.75, 3.05) is 0 Å². The highest BCUT2D eigenvalue weighted by Crippen LogP contribution is 2.25. The maximum atomic E-state index is 8.48. The number of H-pyrrole nitrogens is 1. The van der Waals surface area contributed by atoms with Crippen molar-refractivity contribution in [1.82, 2.24) is 9.97 Å². The summed E-state index contributed by atoms with van der Waals surface area (Å²) in [6, 6.07) is 2.21. The first-order valence-corrected chi connectivity index (χ1v) is 6.78. The van der Waals surface area contributed by atoms with Gasteiger partial charge in [0.2, 0.25) is 0 Å². The van der Waals surface area contributed by atoms with E-state index in [2.05, 4.69) is 16.0 Å². The Morgan fingerprint density at radius 2 is 2.06 bits per heavy atom. The Balaban J connectivity index is 0.000000278. The van der Waals surface area contributed by atoms with Crippen molar-refractivity contribution in [3.8, 4) is 6.07 Å². The predicted molar refractivity (Wildman–Crippen MR) is 74.7 cm³/mol. The summed E-state index contributed by atoms with van der Waals surface area (Å²) in [6.45, 7) is 0. The highest BCUT2D eigenvalue weighted by molar-refractivity contribution is 5.85. The largest absolute Gasteiger partial charge is 0.348 e. The number of aromatic nitrogens is 2. The number of nitriles is 1. The number of nitrogens with one attached hydrogen (secondary N) is 1. The maximum Gasteiger partial charge on any atom is 0.0925 e. The highest BCUT2D eigenvalue weighted by atomic mass is 35.5. The maximum absolute atomic E-state index is 8.48. The Morgan fingerprint density at radius 3 is 2.67 bits per heavy atom. The monoisotopic (exact) mass is 267 g/mol. The average molecular weight is 268 g/mol. The summed E-state index contributed by atoms with van der Waals surface area (Å²) in [4.78, 5) is 7.42. The highest BCUT2D eigenvalue weighted by Gasteiger charge is 2.19. The second-order valence-corrected chi connectivity index (χ2v) is 5.05. The molecule has 3 nitrogen and oxygen atoms in total. The van der Waals surface area contributed by atoms with Gasteiger partial charge in [-0.25, -0.2) is 4.98 Å². The van der Waals surface area contributed by atoms with E-state index in [4.69, 9.17) is 5.26 Å². The third-order valence-electron chi connectivity index (χ3n) is 3.75. The Morgan fingerprint density at radius 1 is 1.33 bits per heavy atom. The molecule has 1 unspecified atom stereocenters. The van der Waals surface area contributed by atoms with Gasteiger partial charge >= 0.3 is 0 Å². The first kappa shape index (κ1) is 15.0. The van der Waals surface area contributed by atoms with Gasteiger partial charge in [-0.1, -0.05) is 25.7 Å². The van der Waals surface area contributed by atoms with Crippen LogP contribution in [-0.4, -0.2) is 9.97 Å². The summed E-state index contributed by atoms with van der Waals surface area (Å²) in [5.74, 6) is 0.688. The van der Waals surface area contributed by atoms with Gasteiger partial charge in [-0.05, 0) is 31.6 Å². The SMILES string of the molecule is C1CCC1.Cl.N#CCCC1CCc2nc[nH]c2C1. The van der Waals surface area contributed by atoms with Crippen LogP contribution in [0.25, 0.3) is 0 Å². The molecule has 1 atom stereocenters. The molecule has 0 amide bonds. The third-order valence-corrected chi connectivity index (χ3v) is 3.75. The topological polar surface area (TPSA) is 52.5 Å². The fourth-order valence-electron chi connectivity index (χ4n) is 2.24. The van der Waals surface area contributed by atoms with E-state index >= 15 is 0 Å². The van der Waals surface area contributed by atoms with Gasteiger partial charge < -0.3 is 4.98 Å². The molecule has 1 aromatic rings. The number of imidazole rings is 1. The minimum absolute atomic E-state index is 0. The van der Waals surface area contributed by atoms with Crippen LogP contribution in [0, 0.1) is 17.2 Å². The van der Waals surface area contributed by atoms with Gasteiger partial charge in [-0.3, -0.25) is 0 Å². The van der Waals surface area contributed by atoms with E-state index in [0.717, 1.165) is 19.3 Å². The number of aryl methyl sites for hydroxylation is 1. The molecular formula is C14H22ClN3. The Bertz CT molecular complexity index is 373. The molecule has 1 heterocycles. The van der Waals surface area contributed by atoms with Crippen molar-refractivity contribution in [3.05, 3.63) is 17.7 Å². The van der Waals surface area contributed by atoms with Gasteiger partial charge in [0, 0.05) is 12.1 Å². The molecule has 3 rings (SSSR count). The van der Waals surface area contributed by atoms with Crippen LogP contribution in [-0.2, 0) is 12.8 Å². The molecule has 0 aliphatic heterocycles. The van der Waals surface area contributed by atoms with Gasteiger partial charge in [-0.15, -0.1) is 12.4 Å². The molecule has 0 radical (unpaired) electrons. The molecule has 1 N–H and O–H groups in total. The van der Waals surface area contributed by atoms with Crippen LogP contribution in [0.3, 0.4) is 0 Å². The number of halogens is 1. The lowest BCUT2D eigenvalue weighted by Gasteiger charge is -2.19. The van der Waals surface area contributed by atoms with Gasteiger partial charge in [-0.2, -0.15) is 5.26 Å². The molecule has 18 heavy (non-hydrogen) atoms. The van der Waals surface area contributed by atoms with E-state index in [9.17, 15) is 0 Å². The summed E-state index contributed by atoms with van der Waals surface area (Å²) < 4.78 is 0. The number of fused-ring (bicyclic) bond motifs is 1. The molecule has 1 fully saturated rings. The molecule has 0 aromatic carbocycles. The van der Waals surface area contributed by atoms with Crippen molar-refractivity contribution in [1.29, 1.82) is 5.26 Å². The molecular weight excluding hydrogens is 246 g/mol. The number of hydrogen-bond acceptors (Lipinski definition) is 2. The molecule has 2 aliphatic rings. The molecule has 0 bridgehead atoms. The van der Waals surface area contributed by atoms with Crippen molar-refractivity contribution in [3.63, 3.8) is 0 Å². The first-order valence-electron chi connectivity index (χ1n) is 6.78. The zero-order chi connectivity index (χ0) is 11.9. The molecule has 0 spiro atoms. The fraction of sp³-hybridized carbons (Fsp3) is 0.714. The van der Waals surface area contributed by atoms with Crippen LogP contribution >= 0.6 is 12.4 Å². The van der Waals surface area contributed by atoms with Crippen LogP contribution < -0.4 is 0 Å².